The van der Waals surface area contributed by atoms with Gasteiger partial charge in [-0.2, -0.15) is 4.98 Å². The highest BCUT2D eigenvalue weighted by Crippen LogP contribution is 2.31. The molecule has 0 radical (unpaired) electrons. The van der Waals surface area contributed by atoms with E-state index in [0.717, 1.165) is 101 Å². The summed E-state index contributed by atoms with van der Waals surface area (Å²) in [6.45, 7) is 6.01. The molecule has 2 aromatic heterocycles. The fourth-order valence-electron chi connectivity index (χ4n) is 6.65. The largest absolute Gasteiger partial charge is 0.368 e. The van der Waals surface area contributed by atoms with Crippen LogP contribution in [0.4, 0.5) is 11.8 Å². The van der Waals surface area contributed by atoms with Crippen molar-refractivity contribution >= 4 is 40.5 Å². The zero-order valence-electron chi connectivity index (χ0n) is 28.7. The normalized spacial score (nSPS) is 17.9. The second-order valence-electron chi connectivity index (χ2n) is 13.4. The Balaban J connectivity index is 1.01. The maximum absolute atomic E-state index is 13.1. The van der Waals surface area contributed by atoms with Crippen molar-refractivity contribution in [1.82, 2.24) is 29.7 Å². The number of hydrogen-bond acceptors (Lipinski definition) is 9. The number of nitrogen functional groups attached to an aromatic ring is 1. The van der Waals surface area contributed by atoms with Crippen LogP contribution in [0, 0.1) is 11.8 Å². The van der Waals surface area contributed by atoms with Gasteiger partial charge in [0.25, 0.3) is 11.8 Å². The molecule has 1 fully saturated rings. The van der Waals surface area contributed by atoms with Crippen LogP contribution >= 0.6 is 0 Å². The lowest BCUT2D eigenvalue weighted by Crippen LogP contribution is -2.39. The first-order valence-corrected chi connectivity index (χ1v) is 17.4. The Morgan fingerprint density at radius 1 is 0.896 bits per heavy atom. The fraction of sp³-hybridized carbons (Fsp3) is 0.514. The molecule has 2 aliphatic rings. The van der Waals surface area contributed by atoms with Gasteiger partial charge in [-0.25, -0.2) is 9.97 Å². The van der Waals surface area contributed by atoms with Crippen molar-refractivity contribution in [3.05, 3.63) is 65.4 Å². The zero-order valence-corrected chi connectivity index (χ0v) is 28.7. The average molecular weight is 655 g/mol. The van der Waals surface area contributed by atoms with Gasteiger partial charge in [0.05, 0.1) is 5.52 Å². The lowest BCUT2D eigenvalue weighted by Gasteiger charge is -2.32. The number of unbranched alkanes of at least 4 members (excludes halogenated alkanes) is 2. The Kier molecular flexibility index (Phi) is 12.1. The van der Waals surface area contributed by atoms with E-state index in [4.69, 9.17) is 10.7 Å². The van der Waals surface area contributed by atoms with Crippen LogP contribution in [0.15, 0.2) is 48.6 Å². The van der Waals surface area contributed by atoms with Crippen molar-refractivity contribution in [2.24, 2.45) is 11.8 Å². The Labute approximate surface area is 284 Å². The SMILES string of the molecule is CCCCNc1nc(N)nc2ccc(Cc3ccc(CN(C)CCCCN(C)C(=O)C4CCC(CN5C(=O)C=CC5=O)CC4)cc3)nc12. The number of aromatic nitrogens is 3. The minimum Gasteiger partial charge on any atom is -0.368 e. The van der Waals surface area contributed by atoms with E-state index in [1.54, 1.807) is 0 Å². The van der Waals surface area contributed by atoms with E-state index in [1.807, 2.05) is 24.1 Å². The highest BCUT2D eigenvalue weighted by molar-refractivity contribution is 6.12. The van der Waals surface area contributed by atoms with E-state index in [1.165, 1.54) is 28.2 Å². The molecule has 0 atom stereocenters. The minimum absolute atomic E-state index is 0.0374. The third-order valence-corrected chi connectivity index (χ3v) is 9.50. The Morgan fingerprint density at radius 3 is 2.29 bits per heavy atom. The quantitative estimate of drug-likeness (QED) is 0.165. The number of hydrogen-bond donors (Lipinski definition) is 2. The van der Waals surface area contributed by atoms with Crippen LogP contribution in [0.25, 0.3) is 11.0 Å². The number of benzene rings is 1. The smallest absolute Gasteiger partial charge is 0.253 e. The molecule has 11 heteroatoms. The van der Waals surface area contributed by atoms with Crippen molar-refractivity contribution in [3.63, 3.8) is 0 Å². The second kappa shape index (κ2) is 16.6. The van der Waals surface area contributed by atoms with Gasteiger partial charge in [0.2, 0.25) is 11.9 Å². The van der Waals surface area contributed by atoms with Crippen LogP contribution in [0.1, 0.15) is 75.1 Å². The minimum atomic E-state index is -0.222. The number of nitrogens with one attached hydrogen (secondary N) is 1. The summed E-state index contributed by atoms with van der Waals surface area (Å²) in [5.41, 5.74) is 10.8. The lowest BCUT2D eigenvalue weighted by molar-refractivity contribution is -0.139. The van der Waals surface area contributed by atoms with Gasteiger partial charge < -0.3 is 20.9 Å². The van der Waals surface area contributed by atoms with Crippen LogP contribution < -0.4 is 11.1 Å². The number of nitrogens with zero attached hydrogens (tertiary/aromatic N) is 6. The van der Waals surface area contributed by atoms with Crippen molar-refractivity contribution in [1.29, 1.82) is 0 Å². The summed E-state index contributed by atoms with van der Waals surface area (Å²) in [4.78, 5) is 56.0. The second-order valence-corrected chi connectivity index (χ2v) is 13.4. The highest BCUT2D eigenvalue weighted by atomic mass is 16.2. The molecule has 5 rings (SSSR count). The van der Waals surface area contributed by atoms with E-state index in [0.29, 0.717) is 12.4 Å². The standard InChI is InChI=1S/C37H50N8O3/c1-4-5-20-39-35-34-31(41-37(38)42-35)17-16-30(40-34)23-26-8-10-27(11-9-26)24-43(2)21-6-7-22-44(3)36(48)29-14-12-28(13-15-29)25-45-32(46)18-19-33(45)47/h8-11,16-19,28-29H,4-7,12-15,20-25H2,1-3H3,(H3,38,39,41,42). The maximum Gasteiger partial charge on any atom is 0.253 e. The van der Waals surface area contributed by atoms with Crippen molar-refractivity contribution in [2.45, 2.75) is 71.3 Å². The number of pyridine rings is 1. The summed E-state index contributed by atoms with van der Waals surface area (Å²) >= 11 is 0. The van der Waals surface area contributed by atoms with Gasteiger partial charge in [0.1, 0.15) is 5.52 Å². The molecule has 0 spiro atoms. The van der Waals surface area contributed by atoms with Crippen molar-refractivity contribution in [3.8, 4) is 0 Å². The number of fused-ring (bicyclic) bond motifs is 1. The Bertz CT molecular complexity index is 1580. The third kappa shape index (κ3) is 9.37. The van der Waals surface area contributed by atoms with Gasteiger partial charge in [-0.15, -0.1) is 0 Å². The summed E-state index contributed by atoms with van der Waals surface area (Å²) in [6, 6.07) is 12.7. The summed E-state index contributed by atoms with van der Waals surface area (Å²) in [6.07, 6.45) is 10.9. The molecule has 0 unspecified atom stereocenters. The Hall–Kier alpha value is -4.38. The van der Waals surface area contributed by atoms with Gasteiger partial charge in [-0.1, -0.05) is 37.6 Å². The fourth-order valence-corrected chi connectivity index (χ4v) is 6.65. The van der Waals surface area contributed by atoms with Crippen LogP contribution in [0.5, 0.6) is 0 Å². The first-order chi connectivity index (χ1) is 23.2. The van der Waals surface area contributed by atoms with E-state index in [2.05, 4.69) is 58.4 Å². The first-order valence-electron chi connectivity index (χ1n) is 17.4. The molecule has 1 saturated carbocycles. The van der Waals surface area contributed by atoms with Gasteiger partial charge in [-0.05, 0) is 87.7 Å². The summed E-state index contributed by atoms with van der Waals surface area (Å²) in [7, 11) is 4.05. The highest BCUT2D eigenvalue weighted by Gasteiger charge is 2.32. The van der Waals surface area contributed by atoms with Crippen LogP contribution in [-0.2, 0) is 27.3 Å². The number of imide groups is 1. The molecule has 11 nitrogen and oxygen atoms in total. The number of rotatable bonds is 16. The number of anilines is 2. The predicted octanol–water partition coefficient (Wildman–Crippen LogP) is 4.81. The molecule has 1 aromatic carbocycles. The molecule has 3 N–H and O–H groups in total. The van der Waals surface area contributed by atoms with Crippen LogP contribution in [0.2, 0.25) is 0 Å². The average Bonchev–Trinajstić information content (AvgIpc) is 3.40. The first kappa shape index (κ1) is 34.9. The van der Waals surface area contributed by atoms with Crippen molar-refractivity contribution < 1.29 is 14.4 Å². The van der Waals surface area contributed by atoms with Crippen LogP contribution in [0.3, 0.4) is 0 Å². The van der Waals surface area contributed by atoms with E-state index in [9.17, 15) is 14.4 Å². The molecule has 1 aliphatic carbocycles. The van der Waals surface area contributed by atoms with Gasteiger partial charge in [-0.3, -0.25) is 19.3 Å². The molecular weight excluding hydrogens is 604 g/mol. The number of carbonyl (C=O) groups excluding carboxylic acids is 3. The molecule has 3 amide bonds. The molecule has 48 heavy (non-hydrogen) atoms. The molecule has 3 aromatic rings. The summed E-state index contributed by atoms with van der Waals surface area (Å²) in [5.74, 6) is 1.03. The molecule has 3 heterocycles. The molecular formula is C37H50N8O3. The van der Waals surface area contributed by atoms with E-state index >= 15 is 0 Å². The number of nitrogens with two attached hydrogens (primary N) is 1. The predicted molar refractivity (Wildman–Crippen MR) is 189 cm³/mol. The Morgan fingerprint density at radius 2 is 1.58 bits per heavy atom. The van der Waals surface area contributed by atoms with Crippen LogP contribution in [-0.4, -0.2) is 87.6 Å². The topological polar surface area (TPSA) is 138 Å². The molecule has 256 valence electrons. The lowest BCUT2D eigenvalue weighted by atomic mass is 9.81. The summed E-state index contributed by atoms with van der Waals surface area (Å²) < 4.78 is 0. The van der Waals surface area contributed by atoms with Crippen molar-refractivity contribution in [2.75, 3.05) is 51.3 Å². The van der Waals surface area contributed by atoms with Gasteiger partial charge in [0.15, 0.2) is 5.82 Å². The maximum atomic E-state index is 13.1. The van der Waals surface area contributed by atoms with Gasteiger partial charge >= 0.3 is 0 Å². The molecule has 0 bridgehead atoms. The third-order valence-electron chi connectivity index (χ3n) is 9.50. The monoisotopic (exact) mass is 654 g/mol. The number of amides is 3. The van der Waals surface area contributed by atoms with E-state index in [-0.39, 0.29) is 35.5 Å². The van der Waals surface area contributed by atoms with E-state index < -0.39 is 0 Å². The molecule has 0 saturated heterocycles. The van der Waals surface area contributed by atoms with Gasteiger partial charge in [0, 0.05) is 63.4 Å². The zero-order chi connectivity index (χ0) is 34.0. The summed E-state index contributed by atoms with van der Waals surface area (Å²) in [5, 5.41) is 3.37. The molecule has 1 aliphatic heterocycles. The number of carbonyl (C=O) groups is 3.